The van der Waals surface area contributed by atoms with Crippen LogP contribution in [0.15, 0.2) is 29.6 Å². The van der Waals surface area contributed by atoms with E-state index in [4.69, 9.17) is 4.74 Å². The molecule has 23 heavy (non-hydrogen) atoms. The molecular formula is C18H22N2O2S. The monoisotopic (exact) mass is 330 g/mol. The van der Waals surface area contributed by atoms with Gasteiger partial charge in [0.15, 0.2) is 0 Å². The van der Waals surface area contributed by atoms with Gasteiger partial charge in [-0.15, -0.1) is 11.3 Å². The lowest BCUT2D eigenvalue weighted by atomic mass is 10.1. The molecule has 1 aromatic carbocycles. The molecule has 0 unspecified atom stereocenters. The number of rotatable bonds is 4. The van der Waals surface area contributed by atoms with Crippen LogP contribution in [0.4, 0.5) is 10.5 Å². The van der Waals surface area contributed by atoms with Crippen LogP contribution in [0.25, 0.3) is 0 Å². The van der Waals surface area contributed by atoms with Gasteiger partial charge < -0.3 is 15.0 Å². The predicted octanol–water partition coefficient (Wildman–Crippen LogP) is 4.44. The van der Waals surface area contributed by atoms with Crippen molar-refractivity contribution in [3.8, 4) is 5.75 Å². The fourth-order valence-electron chi connectivity index (χ4n) is 2.68. The highest BCUT2D eigenvalue weighted by molar-refractivity contribution is 7.10. The van der Waals surface area contributed by atoms with Gasteiger partial charge >= 0.3 is 6.03 Å². The molecule has 1 aliphatic heterocycles. The molecule has 0 saturated carbocycles. The van der Waals surface area contributed by atoms with Crippen LogP contribution in [0.1, 0.15) is 29.3 Å². The number of benzene rings is 1. The van der Waals surface area contributed by atoms with E-state index in [1.807, 2.05) is 30.0 Å². The molecule has 122 valence electrons. The Bertz CT molecular complexity index is 696. The Morgan fingerprint density at radius 3 is 3.09 bits per heavy atom. The van der Waals surface area contributed by atoms with Gasteiger partial charge in [-0.1, -0.05) is 13.0 Å². The van der Waals surface area contributed by atoms with Gasteiger partial charge in [-0.2, -0.15) is 0 Å². The molecule has 3 rings (SSSR count). The molecule has 0 radical (unpaired) electrons. The first kappa shape index (κ1) is 15.9. The van der Waals surface area contributed by atoms with Crippen molar-refractivity contribution in [2.24, 2.45) is 0 Å². The molecule has 2 aromatic rings. The molecule has 0 atom stereocenters. The van der Waals surface area contributed by atoms with Gasteiger partial charge in [0.1, 0.15) is 5.75 Å². The van der Waals surface area contributed by atoms with Crippen molar-refractivity contribution in [2.45, 2.75) is 33.2 Å². The van der Waals surface area contributed by atoms with E-state index in [2.05, 4.69) is 23.7 Å². The fourth-order valence-corrected chi connectivity index (χ4v) is 3.57. The highest BCUT2D eigenvalue weighted by Crippen LogP contribution is 2.28. The van der Waals surface area contributed by atoms with Gasteiger partial charge in [-0.25, -0.2) is 4.79 Å². The van der Waals surface area contributed by atoms with Crippen molar-refractivity contribution in [2.75, 3.05) is 18.5 Å². The number of nitrogens with one attached hydrogen (secondary N) is 1. The third-order valence-electron chi connectivity index (χ3n) is 3.94. The quantitative estimate of drug-likeness (QED) is 0.900. The number of fused-ring (bicyclic) bond motifs is 1. The van der Waals surface area contributed by atoms with Crippen molar-refractivity contribution in [3.05, 3.63) is 45.6 Å². The normalized spacial score (nSPS) is 13.6. The average Bonchev–Trinajstić information content (AvgIpc) is 3.02. The number of carbonyl (C=O) groups excluding carboxylic acids is 1. The van der Waals surface area contributed by atoms with Crippen molar-refractivity contribution in [3.63, 3.8) is 0 Å². The van der Waals surface area contributed by atoms with Crippen LogP contribution < -0.4 is 10.1 Å². The number of hydrogen-bond donors (Lipinski definition) is 1. The van der Waals surface area contributed by atoms with Crippen LogP contribution in [0.5, 0.6) is 5.75 Å². The zero-order chi connectivity index (χ0) is 16.2. The Kier molecular flexibility index (Phi) is 4.86. The molecule has 2 amide bonds. The predicted molar refractivity (Wildman–Crippen MR) is 94.4 cm³/mol. The number of aryl methyl sites for hydroxylation is 1. The summed E-state index contributed by atoms with van der Waals surface area (Å²) in [5.74, 6) is 0.744. The standard InChI is InChI=1S/C18H22N2O2S/c1-3-9-22-16-11-13(2)4-5-15(16)19-18(21)20-8-6-17-14(12-20)7-10-23-17/h4-5,7,10-11H,3,6,8-9,12H2,1-2H3,(H,19,21). The van der Waals surface area contributed by atoms with Gasteiger partial charge in [0.05, 0.1) is 12.3 Å². The second-order valence-electron chi connectivity index (χ2n) is 5.82. The zero-order valence-corrected chi connectivity index (χ0v) is 14.4. The number of nitrogens with zero attached hydrogens (tertiary/aromatic N) is 1. The smallest absolute Gasteiger partial charge is 0.322 e. The van der Waals surface area contributed by atoms with Crippen molar-refractivity contribution < 1.29 is 9.53 Å². The second-order valence-corrected chi connectivity index (χ2v) is 6.82. The molecule has 1 aromatic heterocycles. The zero-order valence-electron chi connectivity index (χ0n) is 13.6. The summed E-state index contributed by atoms with van der Waals surface area (Å²) in [6.45, 7) is 6.18. The Labute approximate surface area is 141 Å². The van der Waals surface area contributed by atoms with E-state index in [0.717, 1.165) is 36.4 Å². The van der Waals surface area contributed by atoms with Crippen molar-refractivity contribution >= 4 is 23.1 Å². The number of anilines is 1. The van der Waals surface area contributed by atoms with Crippen LogP contribution >= 0.6 is 11.3 Å². The summed E-state index contributed by atoms with van der Waals surface area (Å²) >= 11 is 1.78. The maximum absolute atomic E-state index is 12.6. The van der Waals surface area contributed by atoms with E-state index in [1.165, 1.54) is 10.4 Å². The van der Waals surface area contributed by atoms with Gasteiger partial charge in [0, 0.05) is 18.0 Å². The van der Waals surface area contributed by atoms with Crippen molar-refractivity contribution in [1.82, 2.24) is 4.90 Å². The third-order valence-corrected chi connectivity index (χ3v) is 4.96. The summed E-state index contributed by atoms with van der Waals surface area (Å²) in [5, 5.41) is 5.10. The van der Waals surface area contributed by atoms with Crippen LogP contribution in [0.2, 0.25) is 0 Å². The van der Waals surface area contributed by atoms with Crippen molar-refractivity contribution in [1.29, 1.82) is 0 Å². The molecule has 4 nitrogen and oxygen atoms in total. The molecule has 2 heterocycles. The Morgan fingerprint density at radius 1 is 1.39 bits per heavy atom. The summed E-state index contributed by atoms with van der Waals surface area (Å²) in [5.41, 5.74) is 3.13. The summed E-state index contributed by atoms with van der Waals surface area (Å²) in [4.78, 5) is 15.8. The Morgan fingerprint density at radius 2 is 2.26 bits per heavy atom. The van der Waals surface area contributed by atoms with Crippen LogP contribution in [0, 0.1) is 6.92 Å². The first-order valence-electron chi connectivity index (χ1n) is 8.02. The number of amides is 2. The molecule has 0 bridgehead atoms. The van der Waals surface area contributed by atoms with Crippen LogP contribution in [-0.4, -0.2) is 24.1 Å². The lowest BCUT2D eigenvalue weighted by Gasteiger charge is -2.27. The van der Waals surface area contributed by atoms with Crippen LogP contribution in [-0.2, 0) is 13.0 Å². The van der Waals surface area contributed by atoms with E-state index in [1.54, 1.807) is 11.3 Å². The average molecular weight is 330 g/mol. The molecule has 0 fully saturated rings. The van der Waals surface area contributed by atoms with E-state index in [0.29, 0.717) is 13.2 Å². The van der Waals surface area contributed by atoms with E-state index >= 15 is 0 Å². The highest BCUT2D eigenvalue weighted by Gasteiger charge is 2.22. The summed E-state index contributed by atoms with van der Waals surface area (Å²) < 4.78 is 5.77. The van der Waals surface area contributed by atoms with E-state index in [9.17, 15) is 4.79 Å². The molecule has 5 heteroatoms. The van der Waals surface area contributed by atoms with Crippen LogP contribution in [0.3, 0.4) is 0 Å². The molecule has 0 saturated heterocycles. The minimum atomic E-state index is -0.0629. The van der Waals surface area contributed by atoms with Gasteiger partial charge in [0.25, 0.3) is 0 Å². The molecule has 1 aliphatic rings. The molecular weight excluding hydrogens is 308 g/mol. The number of carbonyl (C=O) groups is 1. The lowest BCUT2D eigenvalue weighted by Crippen LogP contribution is -2.38. The van der Waals surface area contributed by atoms with E-state index in [-0.39, 0.29) is 6.03 Å². The SMILES string of the molecule is CCCOc1cc(C)ccc1NC(=O)N1CCc2sccc2C1. The first-order valence-corrected chi connectivity index (χ1v) is 8.90. The Balaban J connectivity index is 1.70. The number of hydrogen-bond acceptors (Lipinski definition) is 3. The molecule has 0 spiro atoms. The second kappa shape index (κ2) is 7.04. The van der Waals surface area contributed by atoms with Gasteiger partial charge in [-0.05, 0) is 54.5 Å². The third kappa shape index (κ3) is 3.67. The largest absolute Gasteiger partial charge is 0.491 e. The maximum Gasteiger partial charge on any atom is 0.322 e. The van der Waals surface area contributed by atoms with E-state index < -0.39 is 0 Å². The number of urea groups is 1. The summed E-state index contributed by atoms with van der Waals surface area (Å²) in [6.07, 6.45) is 1.88. The number of thiophene rings is 1. The fraction of sp³-hybridized carbons (Fsp3) is 0.389. The lowest BCUT2D eigenvalue weighted by molar-refractivity contribution is 0.206. The topological polar surface area (TPSA) is 41.6 Å². The highest BCUT2D eigenvalue weighted by atomic mass is 32.1. The minimum absolute atomic E-state index is 0.0629. The number of ether oxygens (including phenoxy) is 1. The summed E-state index contributed by atoms with van der Waals surface area (Å²) in [6, 6.07) is 7.92. The minimum Gasteiger partial charge on any atom is -0.491 e. The summed E-state index contributed by atoms with van der Waals surface area (Å²) in [7, 11) is 0. The van der Waals surface area contributed by atoms with Gasteiger partial charge in [-0.3, -0.25) is 0 Å². The molecule has 0 aliphatic carbocycles. The first-order chi connectivity index (χ1) is 11.2. The molecule has 1 N–H and O–H groups in total. The maximum atomic E-state index is 12.6. The van der Waals surface area contributed by atoms with Gasteiger partial charge in [0.2, 0.25) is 0 Å². The Hall–Kier alpha value is -2.01.